The number of H-pyrrole nitrogens is 1. The van der Waals surface area contributed by atoms with Crippen molar-refractivity contribution in [3.63, 3.8) is 0 Å². The van der Waals surface area contributed by atoms with Gasteiger partial charge in [0.15, 0.2) is 5.02 Å². The molecule has 0 radical (unpaired) electrons. The first kappa shape index (κ1) is 12.0. The van der Waals surface area contributed by atoms with Crippen molar-refractivity contribution in [1.82, 2.24) is 14.9 Å². The molecular weight excluding hydrogens is 218 g/mol. The normalized spacial score (nSPS) is 10.7. The summed E-state index contributed by atoms with van der Waals surface area (Å²) in [6.07, 6.45) is 2.13. The van der Waals surface area contributed by atoms with Crippen molar-refractivity contribution in [2.45, 2.75) is 6.42 Å². The zero-order valence-corrected chi connectivity index (χ0v) is 9.54. The van der Waals surface area contributed by atoms with Crippen LogP contribution >= 0.6 is 11.6 Å². The smallest absolute Gasteiger partial charge is 0.273 e. The van der Waals surface area contributed by atoms with E-state index in [1.54, 1.807) is 0 Å². The monoisotopic (exact) mass is 231 g/mol. The summed E-state index contributed by atoms with van der Waals surface area (Å²) >= 11 is 5.69. The largest absolute Gasteiger partial charge is 0.476 e. The molecule has 0 saturated heterocycles. The number of hydrogen-bond donors (Lipinski definition) is 1. The molecular formula is C9H14ClN3O2. The predicted octanol–water partition coefficient (Wildman–Crippen LogP) is 0.754. The molecule has 0 aliphatic heterocycles. The van der Waals surface area contributed by atoms with Crippen LogP contribution in [0.2, 0.25) is 5.02 Å². The SMILES string of the molecule is CN(C)CCCOc1nc[nH]c(=O)c1Cl. The number of nitrogens with zero attached hydrogens (tertiary/aromatic N) is 2. The van der Waals surface area contributed by atoms with E-state index in [0.717, 1.165) is 13.0 Å². The average Bonchev–Trinajstić information content (AvgIpc) is 2.18. The molecule has 0 unspecified atom stereocenters. The van der Waals surface area contributed by atoms with Crippen molar-refractivity contribution >= 4 is 11.6 Å². The zero-order chi connectivity index (χ0) is 11.3. The van der Waals surface area contributed by atoms with E-state index in [4.69, 9.17) is 16.3 Å². The topological polar surface area (TPSA) is 58.2 Å². The van der Waals surface area contributed by atoms with E-state index in [9.17, 15) is 4.79 Å². The highest BCUT2D eigenvalue weighted by molar-refractivity contribution is 6.31. The lowest BCUT2D eigenvalue weighted by atomic mass is 10.4. The number of hydrogen-bond acceptors (Lipinski definition) is 4. The second kappa shape index (κ2) is 5.72. The molecule has 0 aliphatic rings. The number of halogens is 1. The minimum Gasteiger partial charge on any atom is -0.476 e. The first-order valence-corrected chi connectivity index (χ1v) is 5.00. The second-order valence-corrected chi connectivity index (χ2v) is 3.73. The van der Waals surface area contributed by atoms with Crippen molar-refractivity contribution in [2.24, 2.45) is 0 Å². The third-order valence-electron chi connectivity index (χ3n) is 1.75. The second-order valence-electron chi connectivity index (χ2n) is 3.36. The van der Waals surface area contributed by atoms with Gasteiger partial charge in [0.25, 0.3) is 5.56 Å². The zero-order valence-electron chi connectivity index (χ0n) is 8.79. The van der Waals surface area contributed by atoms with Gasteiger partial charge in [0.05, 0.1) is 12.9 Å². The third kappa shape index (κ3) is 3.89. The maximum Gasteiger partial charge on any atom is 0.273 e. The molecule has 1 rings (SSSR count). The van der Waals surface area contributed by atoms with Crippen molar-refractivity contribution in [2.75, 3.05) is 27.2 Å². The van der Waals surface area contributed by atoms with Crippen molar-refractivity contribution in [3.05, 3.63) is 21.7 Å². The lowest BCUT2D eigenvalue weighted by molar-refractivity contribution is 0.272. The summed E-state index contributed by atoms with van der Waals surface area (Å²) in [6, 6.07) is 0. The average molecular weight is 232 g/mol. The highest BCUT2D eigenvalue weighted by atomic mass is 35.5. The van der Waals surface area contributed by atoms with Gasteiger partial charge in [-0.2, -0.15) is 0 Å². The molecule has 0 fully saturated rings. The van der Waals surface area contributed by atoms with E-state index in [-0.39, 0.29) is 16.5 Å². The van der Waals surface area contributed by atoms with Crippen LogP contribution in [0.4, 0.5) is 0 Å². The van der Waals surface area contributed by atoms with Crippen molar-refractivity contribution in [3.8, 4) is 5.88 Å². The highest BCUT2D eigenvalue weighted by Gasteiger charge is 2.06. The molecule has 0 atom stereocenters. The molecule has 1 aromatic heterocycles. The van der Waals surface area contributed by atoms with E-state index in [1.807, 2.05) is 14.1 Å². The van der Waals surface area contributed by atoms with Crippen LogP contribution in [0.3, 0.4) is 0 Å². The van der Waals surface area contributed by atoms with E-state index in [0.29, 0.717) is 6.61 Å². The standard InChI is InChI=1S/C9H14ClN3O2/c1-13(2)4-3-5-15-9-7(10)8(14)11-6-12-9/h6H,3-5H2,1-2H3,(H,11,12,14). The Labute approximate surface area is 93.0 Å². The van der Waals surface area contributed by atoms with E-state index < -0.39 is 0 Å². The quantitative estimate of drug-likeness (QED) is 0.760. The minimum atomic E-state index is -0.380. The van der Waals surface area contributed by atoms with Crippen LogP contribution in [0, 0.1) is 0 Å². The molecule has 1 aromatic rings. The number of nitrogens with one attached hydrogen (secondary N) is 1. The van der Waals surface area contributed by atoms with Gasteiger partial charge in [-0.25, -0.2) is 4.98 Å². The lowest BCUT2D eigenvalue weighted by Crippen LogP contribution is -2.16. The number of rotatable bonds is 5. The summed E-state index contributed by atoms with van der Waals surface area (Å²) in [5.41, 5.74) is -0.380. The van der Waals surface area contributed by atoms with Gasteiger partial charge in [0, 0.05) is 6.54 Å². The summed E-state index contributed by atoms with van der Waals surface area (Å²) < 4.78 is 5.28. The van der Waals surface area contributed by atoms with Gasteiger partial charge in [-0.05, 0) is 20.5 Å². The first-order valence-electron chi connectivity index (χ1n) is 4.62. The molecule has 0 spiro atoms. The van der Waals surface area contributed by atoms with Crippen LogP contribution < -0.4 is 10.3 Å². The van der Waals surface area contributed by atoms with Gasteiger partial charge in [0.2, 0.25) is 5.88 Å². The highest BCUT2D eigenvalue weighted by Crippen LogP contribution is 2.14. The fourth-order valence-electron chi connectivity index (χ4n) is 1.02. The Bertz CT molecular complexity index is 365. The fraction of sp³-hybridized carbons (Fsp3) is 0.556. The molecule has 0 amide bonds. The molecule has 5 nitrogen and oxygen atoms in total. The van der Waals surface area contributed by atoms with E-state index >= 15 is 0 Å². The molecule has 84 valence electrons. The molecule has 0 aromatic carbocycles. The van der Waals surface area contributed by atoms with Gasteiger partial charge in [-0.15, -0.1) is 0 Å². The van der Waals surface area contributed by atoms with E-state index in [2.05, 4.69) is 14.9 Å². The molecule has 0 aliphatic carbocycles. The maximum absolute atomic E-state index is 11.1. The van der Waals surface area contributed by atoms with Crippen LogP contribution in [0.25, 0.3) is 0 Å². The maximum atomic E-state index is 11.1. The summed E-state index contributed by atoms with van der Waals surface area (Å²) in [5, 5.41) is 0.00218. The summed E-state index contributed by atoms with van der Waals surface area (Å²) in [7, 11) is 3.97. The van der Waals surface area contributed by atoms with Crippen LogP contribution in [0.1, 0.15) is 6.42 Å². The van der Waals surface area contributed by atoms with Crippen molar-refractivity contribution < 1.29 is 4.74 Å². The molecule has 15 heavy (non-hydrogen) atoms. The van der Waals surface area contributed by atoms with E-state index in [1.165, 1.54) is 6.33 Å². The van der Waals surface area contributed by atoms with Gasteiger partial charge < -0.3 is 14.6 Å². The van der Waals surface area contributed by atoms with Crippen LogP contribution in [-0.2, 0) is 0 Å². The van der Waals surface area contributed by atoms with Crippen LogP contribution in [0.5, 0.6) is 5.88 Å². The Morgan fingerprint density at radius 3 is 3.00 bits per heavy atom. The summed E-state index contributed by atoms with van der Waals surface area (Å²) in [5.74, 6) is 0.194. The van der Waals surface area contributed by atoms with Gasteiger partial charge in [-0.3, -0.25) is 4.79 Å². The predicted molar refractivity (Wildman–Crippen MR) is 58.5 cm³/mol. The molecule has 6 heteroatoms. The summed E-state index contributed by atoms with van der Waals surface area (Å²) in [6.45, 7) is 1.41. The number of aromatic nitrogens is 2. The molecule has 0 bridgehead atoms. The Balaban J connectivity index is 2.44. The van der Waals surface area contributed by atoms with Gasteiger partial charge in [-0.1, -0.05) is 11.6 Å². The van der Waals surface area contributed by atoms with Crippen LogP contribution in [0.15, 0.2) is 11.1 Å². The summed E-state index contributed by atoms with van der Waals surface area (Å²) in [4.78, 5) is 19.3. The Hall–Kier alpha value is -1.07. The van der Waals surface area contributed by atoms with Gasteiger partial charge >= 0.3 is 0 Å². The van der Waals surface area contributed by atoms with Crippen LogP contribution in [-0.4, -0.2) is 42.1 Å². The Morgan fingerprint density at radius 2 is 2.33 bits per heavy atom. The number of ether oxygens (including phenoxy) is 1. The molecule has 1 N–H and O–H groups in total. The third-order valence-corrected chi connectivity index (χ3v) is 2.09. The Morgan fingerprint density at radius 1 is 1.60 bits per heavy atom. The molecule has 1 heterocycles. The lowest BCUT2D eigenvalue weighted by Gasteiger charge is -2.09. The fourth-order valence-corrected chi connectivity index (χ4v) is 1.17. The van der Waals surface area contributed by atoms with Crippen molar-refractivity contribution in [1.29, 1.82) is 0 Å². The first-order chi connectivity index (χ1) is 7.11. The minimum absolute atomic E-state index is 0.00218. The van der Waals surface area contributed by atoms with Gasteiger partial charge in [0.1, 0.15) is 0 Å². The molecule has 0 saturated carbocycles. The Kier molecular flexibility index (Phi) is 4.58. The number of aromatic amines is 1.